The van der Waals surface area contributed by atoms with Crippen LogP contribution in [0.1, 0.15) is 386 Å². The van der Waals surface area contributed by atoms with E-state index in [1.807, 2.05) is 48.5 Å². The normalized spacial score (nSPS) is 23.0. The molecule has 8 saturated heterocycles. The molecule has 8 nitrogen and oxygen atoms in total. The molecule has 1 aliphatic carbocycles. The second-order valence-corrected chi connectivity index (χ2v) is 49.5. The van der Waals surface area contributed by atoms with Gasteiger partial charge in [0.15, 0.2) is 0 Å². The molecule has 0 radical (unpaired) electrons. The van der Waals surface area contributed by atoms with Crippen LogP contribution < -0.4 is 0 Å². The van der Waals surface area contributed by atoms with Gasteiger partial charge in [-0.2, -0.15) is 0 Å². The number of hydrogen-bond donors (Lipinski definition) is 0. The topological polar surface area (TPSA) is 25.9 Å². The Hall–Kier alpha value is -4.32. The summed E-state index contributed by atoms with van der Waals surface area (Å²) in [6, 6.07) is 71.1. The first kappa shape index (κ1) is 108. The maximum absolute atomic E-state index is 13.8. The predicted octanol–water partition coefficient (Wildman–Crippen LogP) is 34.2. The number of rotatable bonds is 9. The first-order valence-electron chi connectivity index (χ1n) is 49.5. The van der Waals surface area contributed by atoms with Crippen molar-refractivity contribution in [3.05, 3.63) is 278 Å². The third-order valence-electron chi connectivity index (χ3n) is 28.1. The summed E-state index contributed by atoms with van der Waals surface area (Å²) in [7, 11) is 0. The van der Waals surface area contributed by atoms with Crippen LogP contribution in [0.2, 0.25) is 15.1 Å². The minimum Gasteiger partial charge on any atom is -0.291 e. The van der Waals surface area contributed by atoms with E-state index in [0.717, 1.165) is 45.9 Å². The van der Waals surface area contributed by atoms with Gasteiger partial charge in [-0.1, -0.05) is 234 Å². The summed E-state index contributed by atoms with van der Waals surface area (Å²) in [5, 5.41) is 2.72. The Morgan fingerprint density at radius 3 is 0.569 bits per heavy atom. The highest BCUT2D eigenvalue weighted by Crippen LogP contribution is 2.50. The number of likely N-dealkylation sites (tertiary alicyclic amines) is 8. The van der Waals surface area contributed by atoms with Gasteiger partial charge < -0.3 is 0 Å². The fourth-order valence-corrected chi connectivity index (χ4v) is 24.4. The minimum atomic E-state index is -0.0661. The van der Waals surface area contributed by atoms with Gasteiger partial charge in [-0.3, -0.25) is 39.2 Å². The molecule has 0 amide bonds. The predicted molar refractivity (Wildman–Crippen MR) is 569 cm³/mol. The second-order valence-electron chi connectivity index (χ2n) is 45.7. The minimum absolute atomic E-state index is 0.0661. The van der Waals surface area contributed by atoms with E-state index in [0.29, 0.717) is 42.3 Å². The van der Waals surface area contributed by atoms with Crippen LogP contribution in [0, 0.1) is 5.82 Å². The molecular weight excluding hydrogens is 1860 g/mol. The van der Waals surface area contributed by atoms with E-state index in [1.54, 1.807) is 23.3 Å². The van der Waals surface area contributed by atoms with Crippen molar-refractivity contribution < 1.29 is 4.39 Å². The van der Waals surface area contributed by atoms with Crippen molar-refractivity contribution in [1.29, 1.82) is 0 Å². The second kappa shape index (κ2) is 47.4. The van der Waals surface area contributed by atoms with E-state index in [2.05, 4.69) is 387 Å². The van der Waals surface area contributed by atoms with Gasteiger partial charge in [0.05, 0.1) is 0 Å². The quantitative estimate of drug-likeness (QED) is 0.141. The summed E-state index contributed by atoms with van der Waals surface area (Å²) in [6.07, 6.45) is 23.0. The molecule has 0 spiro atoms. The highest BCUT2D eigenvalue weighted by atomic mass is 79.9. The fraction of sp³-hybridized carbons (Fsp3) is 0.583. The lowest BCUT2D eigenvalue weighted by molar-refractivity contribution is 0.119. The maximum Gasteiger partial charge on any atom is 0.127 e. The van der Waals surface area contributed by atoms with Crippen molar-refractivity contribution in [3.8, 4) is 0 Å². The molecule has 2 unspecified atom stereocenters. The average Bonchev–Trinajstić information content (AvgIpc) is 1.62. The van der Waals surface area contributed by atoms with E-state index in [9.17, 15) is 4.39 Å². The summed E-state index contributed by atoms with van der Waals surface area (Å²) >= 11 is 29.9. The molecule has 8 aliphatic heterocycles. The first-order chi connectivity index (χ1) is 61.1. The molecule has 8 aromatic carbocycles. The molecule has 9 aliphatic rings. The molecule has 8 aromatic rings. The van der Waals surface area contributed by atoms with Gasteiger partial charge in [-0.05, 0) is 427 Å². The van der Waals surface area contributed by atoms with Gasteiger partial charge >= 0.3 is 0 Å². The zero-order valence-electron chi connectivity index (χ0n) is 84.3. The van der Waals surface area contributed by atoms with E-state index in [1.165, 1.54) is 195 Å². The fourth-order valence-electron chi connectivity index (χ4n) is 21.9. The summed E-state index contributed by atoms with van der Waals surface area (Å²) in [5.41, 5.74) is 14.1. The van der Waals surface area contributed by atoms with Crippen LogP contribution in [0.5, 0.6) is 0 Å². The van der Waals surface area contributed by atoms with Crippen LogP contribution in [-0.2, 0) is 0 Å². The smallest absolute Gasteiger partial charge is 0.127 e. The number of benzene rings is 8. The Morgan fingerprint density at radius 1 is 0.208 bits per heavy atom. The molecule has 0 N–H and O–H groups in total. The van der Waals surface area contributed by atoms with Crippen molar-refractivity contribution in [2.24, 2.45) is 0 Å². The van der Waals surface area contributed by atoms with E-state index in [4.69, 9.17) is 34.8 Å². The third kappa shape index (κ3) is 29.6. The summed E-state index contributed by atoms with van der Waals surface area (Å²) in [6.45, 7) is 64.5. The van der Waals surface area contributed by atoms with Crippen LogP contribution in [0.4, 0.5) is 4.39 Å². The lowest BCUT2D eigenvalue weighted by Gasteiger charge is -2.38. The van der Waals surface area contributed by atoms with Crippen molar-refractivity contribution in [2.75, 3.05) is 52.4 Å². The lowest BCUT2D eigenvalue weighted by Crippen LogP contribution is -2.40. The van der Waals surface area contributed by atoms with E-state index >= 15 is 0 Å². The Labute approximate surface area is 830 Å². The molecule has 8 atom stereocenters. The lowest BCUT2D eigenvalue weighted by atomic mass is 9.93. The highest BCUT2D eigenvalue weighted by molar-refractivity contribution is 9.11. The molecule has 17 rings (SSSR count). The molecule has 15 heteroatoms. The Morgan fingerprint density at radius 2 is 0.369 bits per heavy atom. The SMILES string of the molecule is CC(C)(C)N1CCCC1c1ccccc1Br.CC(C)(C)N1CCCC1c1ccccc1Cl.CC(C)(C)N1CCC[C@@H]1c1ccccc1Br.CC(C)(C)N1CCC[C@@H]1c1ccccc1C1CC1.CC(C)(C)N1CCC[C@@H]1c1ccccc1Cl.CC(C)(C)N1CCC[C@@H]1c1ccccc1F.CC(C)(C)N1CCC[C@H]1c1ccccc1Br.CC(C)(C)N1CCC[C@H]1c1ccccc1Cl. The van der Waals surface area contributed by atoms with Crippen molar-refractivity contribution in [1.82, 2.24) is 39.2 Å². The molecule has 1 saturated carbocycles. The Balaban J connectivity index is 0.000000154. The Bertz CT molecular complexity index is 4080. The van der Waals surface area contributed by atoms with Crippen LogP contribution in [0.25, 0.3) is 0 Å². The van der Waals surface area contributed by atoms with Crippen LogP contribution in [0.3, 0.4) is 0 Å². The standard InChI is InChI=1S/C17H25N.3C14H20BrN.3C14H20ClN.C14H20FN/c1-17(2,3)18-12-6-9-16(18)15-8-5-4-7-14(15)13-10-11-13;7*1-14(2,3)16-10-6-9-13(16)11-7-4-5-8-12(11)15/h4-5,7-8,13,16H,6,9-12H2,1-3H3;7*4-5,7-8,13H,6,9-10H2,1-3H3/t16-;2*13-;;2*13-;;13-/m110.10.1/s1. The molecule has 8 heterocycles. The van der Waals surface area contributed by atoms with Gasteiger partial charge in [0.1, 0.15) is 5.82 Å². The monoisotopic (exact) mass is 2020 g/mol. The maximum atomic E-state index is 13.8. The van der Waals surface area contributed by atoms with Crippen LogP contribution >= 0.6 is 82.6 Å². The number of nitrogens with zero attached hydrogens (tertiary/aromatic N) is 8. The molecule has 130 heavy (non-hydrogen) atoms. The van der Waals surface area contributed by atoms with Crippen LogP contribution in [-0.4, -0.2) is 136 Å². The highest BCUT2D eigenvalue weighted by Gasteiger charge is 2.43. The van der Waals surface area contributed by atoms with Gasteiger partial charge in [-0.15, -0.1) is 0 Å². The third-order valence-corrected chi connectivity index (χ3v) is 31.3. The molecular formula is C115H165Br3Cl3FN8. The zero-order valence-corrected chi connectivity index (χ0v) is 91.3. The van der Waals surface area contributed by atoms with Gasteiger partial charge in [0.25, 0.3) is 0 Å². The molecule has 714 valence electrons. The van der Waals surface area contributed by atoms with E-state index < -0.39 is 0 Å². The van der Waals surface area contributed by atoms with Gasteiger partial charge in [0.2, 0.25) is 0 Å². The summed E-state index contributed by atoms with van der Waals surface area (Å²) in [5.74, 6) is 0.798. The van der Waals surface area contributed by atoms with Gasteiger partial charge in [0, 0.05) is 127 Å². The first-order valence-corrected chi connectivity index (χ1v) is 53.0. The van der Waals surface area contributed by atoms with Crippen LogP contribution in [0.15, 0.2) is 208 Å². The average molecular weight is 2020 g/mol. The Kier molecular flexibility index (Phi) is 39.2. The number of hydrogen-bond acceptors (Lipinski definition) is 8. The van der Waals surface area contributed by atoms with Crippen molar-refractivity contribution >= 4 is 82.6 Å². The van der Waals surface area contributed by atoms with E-state index in [-0.39, 0.29) is 56.2 Å². The largest absolute Gasteiger partial charge is 0.291 e. The summed E-state index contributed by atoms with van der Waals surface area (Å²) in [4.78, 5) is 20.7. The van der Waals surface area contributed by atoms with Gasteiger partial charge in [-0.25, -0.2) is 4.39 Å². The van der Waals surface area contributed by atoms with Crippen molar-refractivity contribution in [3.63, 3.8) is 0 Å². The summed E-state index contributed by atoms with van der Waals surface area (Å²) < 4.78 is 17.5. The molecule has 9 fully saturated rings. The molecule has 0 aromatic heterocycles. The van der Waals surface area contributed by atoms with Crippen molar-refractivity contribution in [2.45, 2.75) is 380 Å². The molecule has 0 bridgehead atoms. The number of halogens is 7. The zero-order chi connectivity index (χ0) is 95.1.